The lowest BCUT2D eigenvalue weighted by Gasteiger charge is -2.16. The molecule has 1 amide bonds. The van der Waals surface area contributed by atoms with Gasteiger partial charge in [-0.15, -0.1) is 0 Å². The highest BCUT2D eigenvalue weighted by Crippen LogP contribution is 2.14. The van der Waals surface area contributed by atoms with Gasteiger partial charge in [0.2, 0.25) is 0 Å². The molecule has 5 nitrogen and oxygen atoms in total. The summed E-state index contributed by atoms with van der Waals surface area (Å²) in [7, 11) is 1.79. The van der Waals surface area contributed by atoms with Gasteiger partial charge in [-0.25, -0.2) is 0 Å². The molecule has 0 bridgehead atoms. The number of H-pyrrole nitrogens is 1. The van der Waals surface area contributed by atoms with Crippen molar-refractivity contribution in [2.75, 3.05) is 19.3 Å². The van der Waals surface area contributed by atoms with Crippen LogP contribution in [0.1, 0.15) is 34.6 Å². The van der Waals surface area contributed by atoms with Gasteiger partial charge in [0.05, 0.1) is 11.4 Å². The van der Waals surface area contributed by atoms with Crippen LogP contribution < -0.4 is 5.73 Å². The van der Waals surface area contributed by atoms with Crippen LogP contribution in [0.3, 0.4) is 0 Å². The predicted octanol–water partition coefficient (Wildman–Crippen LogP) is 2.40. The van der Waals surface area contributed by atoms with E-state index < -0.39 is 0 Å². The lowest BCUT2D eigenvalue weighted by Crippen LogP contribution is -2.28. The van der Waals surface area contributed by atoms with Crippen LogP contribution >= 0.6 is 0 Å². The standard InChI is InChI=1S/C16H22N4O/c1-12-14(17)15(19-18-12)16(21)20(2)11-7-6-10-13-8-4-3-5-9-13/h3-5,8-9H,6-7,10-11,17H2,1-2H3,(H,18,19). The molecule has 0 fully saturated rings. The Kier molecular flexibility index (Phi) is 4.98. The fraction of sp³-hybridized carbons (Fsp3) is 0.375. The summed E-state index contributed by atoms with van der Waals surface area (Å²) >= 11 is 0. The molecule has 1 aromatic carbocycles. The SMILES string of the molecule is Cc1[nH]nc(C(=O)N(C)CCCCc2ccccc2)c1N. The second-order valence-corrected chi connectivity index (χ2v) is 5.28. The van der Waals surface area contributed by atoms with Gasteiger partial charge in [0.15, 0.2) is 5.69 Å². The molecular weight excluding hydrogens is 264 g/mol. The number of hydrogen-bond donors (Lipinski definition) is 2. The number of rotatable bonds is 6. The van der Waals surface area contributed by atoms with E-state index in [0.717, 1.165) is 25.0 Å². The van der Waals surface area contributed by atoms with Crippen molar-refractivity contribution in [2.24, 2.45) is 0 Å². The third-order valence-electron chi connectivity index (χ3n) is 3.60. The minimum Gasteiger partial charge on any atom is -0.395 e. The number of carbonyl (C=O) groups excluding carboxylic acids is 1. The summed E-state index contributed by atoms with van der Waals surface area (Å²) in [6, 6.07) is 10.4. The molecule has 2 aromatic rings. The Hall–Kier alpha value is -2.30. The van der Waals surface area contributed by atoms with Crippen LogP contribution in [0.4, 0.5) is 5.69 Å². The highest BCUT2D eigenvalue weighted by atomic mass is 16.2. The molecule has 3 N–H and O–H groups in total. The normalized spacial score (nSPS) is 10.6. The number of carbonyl (C=O) groups is 1. The molecule has 1 heterocycles. The highest BCUT2D eigenvalue weighted by Gasteiger charge is 2.18. The number of amides is 1. The smallest absolute Gasteiger partial charge is 0.276 e. The second kappa shape index (κ2) is 6.92. The number of nitrogens with zero attached hydrogens (tertiary/aromatic N) is 2. The molecule has 0 atom stereocenters. The van der Waals surface area contributed by atoms with E-state index in [-0.39, 0.29) is 5.91 Å². The Morgan fingerprint density at radius 2 is 2.00 bits per heavy atom. The second-order valence-electron chi connectivity index (χ2n) is 5.28. The van der Waals surface area contributed by atoms with Gasteiger partial charge in [-0.3, -0.25) is 9.89 Å². The Labute approximate surface area is 125 Å². The third kappa shape index (κ3) is 3.84. The minimum absolute atomic E-state index is 0.128. The van der Waals surface area contributed by atoms with Crippen molar-refractivity contribution in [2.45, 2.75) is 26.2 Å². The molecule has 0 saturated heterocycles. The first-order chi connectivity index (χ1) is 10.1. The lowest BCUT2D eigenvalue weighted by molar-refractivity contribution is 0.0788. The molecule has 0 aliphatic heterocycles. The highest BCUT2D eigenvalue weighted by molar-refractivity contribution is 5.97. The number of anilines is 1. The number of nitrogens with one attached hydrogen (secondary N) is 1. The predicted molar refractivity (Wildman–Crippen MR) is 84.1 cm³/mol. The summed E-state index contributed by atoms with van der Waals surface area (Å²) in [4.78, 5) is 13.9. The summed E-state index contributed by atoms with van der Waals surface area (Å²) < 4.78 is 0. The zero-order valence-electron chi connectivity index (χ0n) is 12.6. The first-order valence-corrected chi connectivity index (χ1v) is 7.19. The molecule has 112 valence electrons. The molecule has 0 radical (unpaired) electrons. The van der Waals surface area contributed by atoms with Crippen molar-refractivity contribution in [3.63, 3.8) is 0 Å². The number of unbranched alkanes of at least 4 members (excludes halogenated alkanes) is 1. The van der Waals surface area contributed by atoms with E-state index >= 15 is 0 Å². The fourth-order valence-electron chi connectivity index (χ4n) is 2.21. The zero-order chi connectivity index (χ0) is 15.2. The molecule has 1 aromatic heterocycles. The molecular formula is C16H22N4O. The van der Waals surface area contributed by atoms with Gasteiger partial charge in [0.25, 0.3) is 5.91 Å². The van der Waals surface area contributed by atoms with E-state index in [0.29, 0.717) is 17.9 Å². The average Bonchev–Trinajstić information content (AvgIpc) is 2.83. The van der Waals surface area contributed by atoms with E-state index in [1.54, 1.807) is 18.9 Å². The van der Waals surface area contributed by atoms with Gasteiger partial charge in [0, 0.05) is 13.6 Å². The van der Waals surface area contributed by atoms with Crippen LogP contribution in [0.5, 0.6) is 0 Å². The van der Waals surface area contributed by atoms with Gasteiger partial charge in [-0.05, 0) is 31.7 Å². The Morgan fingerprint density at radius 3 is 2.62 bits per heavy atom. The summed E-state index contributed by atoms with van der Waals surface area (Å²) in [6.07, 6.45) is 3.05. The van der Waals surface area contributed by atoms with E-state index in [9.17, 15) is 4.79 Å². The molecule has 5 heteroatoms. The summed E-state index contributed by atoms with van der Waals surface area (Å²) in [5, 5.41) is 6.71. The van der Waals surface area contributed by atoms with Gasteiger partial charge in [-0.2, -0.15) is 5.10 Å². The minimum atomic E-state index is -0.128. The van der Waals surface area contributed by atoms with E-state index in [2.05, 4.69) is 22.3 Å². The van der Waals surface area contributed by atoms with Crippen LogP contribution in [-0.4, -0.2) is 34.6 Å². The molecule has 0 saturated carbocycles. The van der Waals surface area contributed by atoms with E-state index in [1.807, 2.05) is 18.2 Å². The van der Waals surface area contributed by atoms with Crippen LogP contribution in [0, 0.1) is 6.92 Å². The quantitative estimate of drug-likeness (QED) is 0.801. The maximum absolute atomic E-state index is 12.2. The summed E-state index contributed by atoms with van der Waals surface area (Å²) in [5.74, 6) is -0.128. The van der Waals surface area contributed by atoms with E-state index in [1.165, 1.54) is 5.56 Å². The number of nitrogen functional groups attached to an aromatic ring is 1. The van der Waals surface area contributed by atoms with Crippen LogP contribution in [0.15, 0.2) is 30.3 Å². The topological polar surface area (TPSA) is 75.0 Å². The number of aryl methyl sites for hydroxylation is 2. The number of nitrogens with two attached hydrogens (primary N) is 1. The number of aromatic amines is 1. The number of hydrogen-bond acceptors (Lipinski definition) is 3. The molecule has 0 unspecified atom stereocenters. The monoisotopic (exact) mass is 286 g/mol. The van der Waals surface area contributed by atoms with Crippen LogP contribution in [0.25, 0.3) is 0 Å². The van der Waals surface area contributed by atoms with Gasteiger partial charge in [0.1, 0.15) is 0 Å². The van der Waals surface area contributed by atoms with Crippen molar-refractivity contribution < 1.29 is 4.79 Å². The maximum atomic E-state index is 12.2. The summed E-state index contributed by atoms with van der Waals surface area (Å²) in [6.45, 7) is 2.51. The molecule has 2 rings (SSSR count). The fourth-order valence-corrected chi connectivity index (χ4v) is 2.21. The largest absolute Gasteiger partial charge is 0.395 e. The number of aromatic nitrogens is 2. The molecule has 0 aliphatic carbocycles. The maximum Gasteiger partial charge on any atom is 0.276 e. The lowest BCUT2D eigenvalue weighted by atomic mass is 10.1. The molecule has 21 heavy (non-hydrogen) atoms. The van der Waals surface area contributed by atoms with Crippen molar-refractivity contribution in [1.82, 2.24) is 15.1 Å². The molecule has 0 aliphatic rings. The van der Waals surface area contributed by atoms with Crippen molar-refractivity contribution >= 4 is 11.6 Å². The Morgan fingerprint density at radius 1 is 1.29 bits per heavy atom. The number of benzene rings is 1. The first kappa shape index (κ1) is 15.1. The van der Waals surface area contributed by atoms with Crippen molar-refractivity contribution in [1.29, 1.82) is 0 Å². The molecule has 0 spiro atoms. The third-order valence-corrected chi connectivity index (χ3v) is 3.60. The van der Waals surface area contributed by atoms with Crippen molar-refractivity contribution in [3.05, 3.63) is 47.3 Å². The van der Waals surface area contributed by atoms with Crippen molar-refractivity contribution in [3.8, 4) is 0 Å². The Balaban J connectivity index is 1.78. The van der Waals surface area contributed by atoms with Gasteiger partial charge in [-0.1, -0.05) is 30.3 Å². The first-order valence-electron chi connectivity index (χ1n) is 7.19. The summed E-state index contributed by atoms with van der Waals surface area (Å²) in [5.41, 5.74) is 8.65. The Bertz CT molecular complexity index is 592. The van der Waals surface area contributed by atoms with Gasteiger partial charge < -0.3 is 10.6 Å². The van der Waals surface area contributed by atoms with Crippen LogP contribution in [0.2, 0.25) is 0 Å². The van der Waals surface area contributed by atoms with Gasteiger partial charge >= 0.3 is 0 Å². The van der Waals surface area contributed by atoms with E-state index in [4.69, 9.17) is 5.73 Å². The zero-order valence-corrected chi connectivity index (χ0v) is 12.6. The van der Waals surface area contributed by atoms with Crippen LogP contribution in [-0.2, 0) is 6.42 Å². The average molecular weight is 286 g/mol.